The summed E-state index contributed by atoms with van der Waals surface area (Å²) >= 11 is 0. The van der Waals surface area contributed by atoms with Crippen LogP contribution in [-0.2, 0) is 4.43 Å². The fourth-order valence-electron chi connectivity index (χ4n) is 4.78. The Bertz CT molecular complexity index is 371. The maximum Gasteiger partial charge on any atom is 0.189 e. The standard InChI is InChI=1S/C26H59N3OSi/c1-10-27(11-2)22-18-26(19-23-28(12-3)13-4,20-24-29(14-5)15-6)21-25-31(9,17-8)30-16-7/h10-25H2,1-9H3. The van der Waals surface area contributed by atoms with E-state index < -0.39 is 8.32 Å². The van der Waals surface area contributed by atoms with Gasteiger partial charge in [-0.25, -0.2) is 0 Å². The monoisotopic (exact) mass is 457 g/mol. The Balaban J connectivity index is 5.68. The Morgan fingerprint density at radius 3 is 1.19 bits per heavy atom. The molecule has 0 aliphatic rings. The number of hydrogen-bond donors (Lipinski definition) is 0. The molecule has 0 aliphatic carbocycles. The van der Waals surface area contributed by atoms with Gasteiger partial charge in [-0.1, -0.05) is 48.5 Å². The van der Waals surface area contributed by atoms with Crippen molar-refractivity contribution in [1.29, 1.82) is 0 Å². The molecule has 0 radical (unpaired) electrons. The van der Waals surface area contributed by atoms with Gasteiger partial charge in [0.05, 0.1) is 0 Å². The fourth-order valence-corrected chi connectivity index (χ4v) is 7.24. The molecule has 0 aromatic carbocycles. The van der Waals surface area contributed by atoms with E-state index in [0.29, 0.717) is 5.41 Å². The van der Waals surface area contributed by atoms with Crippen molar-refractivity contribution < 1.29 is 4.43 Å². The first kappa shape index (κ1) is 31.1. The average molecular weight is 458 g/mol. The van der Waals surface area contributed by atoms with E-state index in [1.54, 1.807) is 0 Å². The second kappa shape index (κ2) is 17.5. The van der Waals surface area contributed by atoms with E-state index in [9.17, 15) is 0 Å². The summed E-state index contributed by atoms with van der Waals surface area (Å²) in [6.07, 6.45) is 5.33. The van der Waals surface area contributed by atoms with Crippen LogP contribution in [0.25, 0.3) is 0 Å². The second-order valence-electron chi connectivity index (χ2n) is 9.57. The molecule has 4 nitrogen and oxygen atoms in total. The highest BCUT2D eigenvalue weighted by Gasteiger charge is 2.35. The van der Waals surface area contributed by atoms with E-state index in [2.05, 4.69) is 76.6 Å². The van der Waals surface area contributed by atoms with Crippen LogP contribution in [0, 0.1) is 5.41 Å². The molecule has 1 unspecified atom stereocenters. The molecule has 0 saturated heterocycles. The topological polar surface area (TPSA) is 19.0 Å². The predicted octanol–water partition coefficient (Wildman–Crippen LogP) is 6.19. The van der Waals surface area contributed by atoms with Gasteiger partial charge in [0, 0.05) is 6.61 Å². The summed E-state index contributed by atoms with van der Waals surface area (Å²) < 4.78 is 6.39. The second-order valence-corrected chi connectivity index (χ2v) is 14.0. The molecule has 0 aromatic heterocycles. The molecule has 188 valence electrons. The molecule has 0 N–H and O–H groups in total. The van der Waals surface area contributed by atoms with Crippen molar-refractivity contribution in [2.75, 3.05) is 65.5 Å². The van der Waals surface area contributed by atoms with E-state index in [-0.39, 0.29) is 0 Å². The van der Waals surface area contributed by atoms with Crippen LogP contribution in [0.15, 0.2) is 0 Å². The van der Waals surface area contributed by atoms with E-state index >= 15 is 0 Å². The summed E-state index contributed by atoms with van der Waals surface area (Å²) in [5.41, 5.74) is 0.425. The lowest BCUT2D eigenvalue weighted by molar-refractivity contribution is 0.122. The summed E-state index contributed by atoms with van der Waals surface area (Å²) in [4.78, 5) is 7.88. The minimum atomic E-state index is -1.59. The van der Waals surface area contributed by atoms with Crippen LogP contribution in [0.2, 0.25) is 18.6 Å². The zero-order chi connectivity index (χ0) is 23.8. The van der Waals surface area contributed by atoms with E-state index in [4.69, 9.17) is 4.43 Å². The first-order chi connectivity index (χ1) is 14.8. The Labute approximate surface area is 198 Å². The summed E-state index contributed by atoms with van der Waals surface area (Å²) in [5.74, 6) is 0. The van der Waals surface area contributed by atoms with E-state index in [1.165, 1.54) is 96.7 Å². The summed E-state index contributed by atoms with van der Waals surface area (Å²) in [7, 11) is -1.59. The van der Waals surface area contributed by atoms with Crippen LogP contribution in [-0.4, -0.2) is 88.5 Å². The van der Waals surface area contributed by atoms with Crippen molar-refractivity contribution in [3.8, 4) is 0 Å². The smallest absolute Gasteiger partial charge is 0.189 e. The molecular weight excluding hydrogens is 398 g/mol. The normalized spacial score (nSPS) is 14.7. The maximum absolute atomic E-state index is 6.39. The zero-order valence-corrected chi connectivity index (χ0v) is 24.1. The third kappa shape index (κ3) is 12.2. The predicted molar refractivity (Wildman–Crippen MR) is 143 cm³/mol. The van der Waals surface area contributed by atoms with Crippen LogP contribution in [0.1, 0.15) is 81.1 Å². The van der Waals surface area contributed by atoms with Gasteiger partial charge >= 0.3 is 0 Å². The molecule has 0 amide bonds. The third-order valence-corrected chi connectivity index (χ3v) is 11.8. The zero-order valence-electron chi connectivity index (χ0n) is 23.1. The minimum Gasteiger partial charge on any atom is -0.417 e. The number of hydrogen-bond acceptors (Lipinski definition) is 4. The van der Waals surface area contributed by atoms with Crippen LogP contribution < -0.4 is 0 Å². The van der Waals surface area contributed by atoms with Gasteiger partial charge in [-0.05, 0) is 116 Å². The highest BCUT2D eigenvalue weighted by atomic mass is 28.4. The lowest BCUT2D eigenvalue weighted by Gasteiger charge is -2.41. The van der Waals surface area contributed by atoms with Gasteiger partial charge in [-0.15, -0.1) is 0 Å². The van der Waals surface area contributed by atoms with Gasteiger partial charge in [-0.3, -0.25) is 0 Å². The summed E-state index contributed by atoms with van der Waals surface area (Å²) in [5, 5.41) is 0. The van der Waals surface area contributed by atoms with Crippen molar-refractivity contribution in [3.63, 3.8) is 0 Å². The van der Waals surface area contributed by atoms with Crippen molar-refractivity contribution in [3.05, 3.63) is 0 Å². The molecule has 0 aromatic rings. The maximum atomic E-state index is 6.39. The summed E-state index contributed by atoms with van der Waals surface area (Å²) in [6, 6.07) is 2.55. The van der Waals surface area contributed by atoms with Gasteiger partial charge in [0.1, 0.15) is 0 Å². The quantitative estimate of drug-likeness (QED) is 0.191. The van der Waals surface area contributed by atoms with Crippen LogP contribution in [0.3, 0.4) is 0 Å². The largest absolute Gasteiger partial charge is 0.417 e. The number of rotatable bonds is 21. The molecular formula is C26H59N3OSi. The lowest BCUT2D eigenvalue weighted by Crippen LogP contribution is -2.40. The van der Waals surface area contributed by atoms with Gasteiger partial charge in [0.15, 0.2) is 8.32 Å². The Morgan fingerprint density at radius 1 is 0.581 bits per heavy atom. The minimum absolute atomic E-state index is 0.425. The highest BCUT2D eigenvalue weighted by molar-refractivity contribution is 6.72. The Hall–Kier alpha value is 0.0569. The molecule has 0 heterocycles. The molecule has 31 heavy (non-hydrogen) atoms. The molecule has 0 spiro atoms. The molecule has 0 fully saturated rings. The Kier molecular flexibility index (Phi) is 17.6. The van der Waals surface area contributed by atoms with Gasteiger partial charge in [0.2, 0.25) is 0 Å². The van der Waals surface area contributed by atoms with E-state index in [0.717, 1.165) is 6.61 Å². The van der Waals surface area contributed by atoms with Crippen LogP contribution >= 0.6 is 0 Å². The molecule has 5 heteroatoms. The van der Waals surface area contributed by atoms with Crippen LogP contribution in [0.5, 0.6) is 0 Å². The van der Waals surface area contributed by atoms with Crippen molar-refractivity contribution in [1.82, 2.24) is 14.7 Å². The van der Waals surface area contributed by atoms with Gasteiger partial charge in [-0.2, -0.15) is 0 Å². The fraction of sp³-hybridized carbons (Fsp3) is 1.00. The SMILES string of the molecule is CCO[Si](C)(CC)CCC(CCN(CC)CC)(CCN(CC)CC)CCN(CC)CC. The molecule has 0 saturated carbocycles. The Morgan fingerprint density at radius 2 is 0.935 bits per heavy atom. The van der Waals surface area contributed by atoms with Crippen molar-refractivity contribution in [2.45, 2.75) is 99.7 Å². The molecule has 0 rings (SSSR count). The third-order valence-electron chi connectivity index (χ3n) is 7.98. The van der Waals surface area contributed by atoms with Crippen molar-refractivity contribution >= 4 is 8.32 Å². The van der Waals surface area contributed by atoms with E-state index in [1.807, 2.05) is 0 Å². The molecule has 1 atom stereocenters. The summed E-state index contributed by atoms with van der Waals surface area (Å²) in [6.45, 7) is 32.5. The van der Waals surface area contributed by atoms with Crippen molar-refractivity contribution in [2.24, 2.45) is 5.41 Å². The number of nitrogens with zero attached hydrogens (tertiary/aromatic N) is 3. The van der Waals surface area contributed by atoms with Gasteiger partial charge in [0.25, 0.3) is 0 Å². The molecule has 0 aliphatic heterocycles. The first-order valence-electron chi connectivity index (χ1n) is 13.6. The first-order valence-corrected chi connectivity index (χ1v) is 16.4. The molecule has 0 bridgehead atoms. The highest BCUT2D eigenvalue weighted by Crippen LogP contribution is 2.40. The van der Waals surface area contributed by atoms with Gasteiger partial charge < -0.3 is 19.1 Å². The van der Waals surface area contributed by atoms with Crippen LogP contribution in [0.4, 0.5) is 0 Å². The lowest BCUT2D eigenvalue weighted by atomic mass is 9.75. The average Bonchev–Trinajstić information content (AvgIpc) is 2.79.